The first-order chi connectivity index (χ1) is 12.4. The number of carbonyl (C=O) groups excluding carboxylic acids is 2. The molecule has 0 radical (unpaired) electrons. The summed E-state index contributed by atoms with van der Waals surface area (Å²) in [7, 11) is 0. The number of nitrogens with one attached hydrogen (secondary N) is 2. The van der Waals surface area contributed by atoms with E-state index in [-0.39, 0.29) is 17.9 Å². The number of aliphatic hydroxyl groups excluding tert-OH is 1. The van der Waals surface area contributed by atoms with Gasteiger partial charge in [0, 0.05) is 17.5 Å². The third-order valence-corrected chi connectivity index (χ3v) is 4.26. The molecule has 0 aliphatic rings. The molecule has 0 aromatic heterocycles. The van der Waals surface area contributed by atoms with E-state index in [1.807, 2.05) is 18.4 Å². The van der Waals surface area contributed by atoms with Crippen molar-refractivity contribution in [3.05, 3.63) is 64.2 Å². The lowest BCUT2D eigenvalue weighted by molar-refractivity contribution is -0.383. The van der Waals surface area contributed by atoms with E-state index in [1.165, 1.54) is 24.3 Å². The van der Waals surface area contributed by atoms with E-state index in [0.717, 1.165) is 4.90 Å². The molecule has 2 aromatic carbocycles. The van der Waals surface area contributed by atoms with Crippen LogP contribution in [0.15, 0.2) is 53.4 Å². The first-order valence-electron chi connectivity index (χ1n) is 7.57. The number of hydrogen-bond donors (Lipinski definition) is 3. The Kier molecular flexibility index (Phi) is 6.70. The molecule has 0 bridgehead atoms. The molecule has 0 saturated heterocycles. The second-order valence-electron chi connectivity index (χ2n) is 5.23. The maximum Gasteiger partial charge on any atom is 0.313 e. The van der Waals surface area contributed by atoms with E-state index >= 15 is 0 Å². The highest BCUT2D eigenvalue weighted by molar-refractivity contribution is 7.98. The average molecular weight is 375 g/mol. The predicted molar refractivity (Wildman–Crippen MR) is 97.9 cm³/mol. The summed E-state index contributed by atoms with van der Waals surface area (Å²) in [5, 5.41) is 25.5. The Morgan fingerprint density at radius 1 is 1.15 bits per heavy atom. The van der Waals surface area contributed by atoms with Crippen LogP contribution in [-0.4, -0.2) is 34.6 Å². The lowest BCUT2D eigenvalue weighted by Crippen LogP contribution is -2.37. The fourth-order valence-corrected chi connectivity index (χ4v) is 2.54. The van der Waals surface area contributed by atoms with Gasteiger partial charge in [0.05, 0.1) is 11.0 Å². The highest BCUT2D eigenvalue weighted by Gasteiger charge is 2.20. The van der Waals surface area contributed by atoms with Gasteiger partial charge in [0.1, 0.15) is 5.69 Å². The number of rotatable bonds is 6. The summed E-state index contributed by atoms with van der Waals surface area (Å²) in [6, 6.07) is 12.6. The van der Waals surface area contributed by atoms with Crippen molar-refractivity contribution in [2.75, 3.05) is 18.1 Å². The lowest BCUT2D eigenvalue weighted by Gasteiger charge is -2.12. The van der Waals surface area contributed by atoms with Crippen LogP contribution in [0.1, 0.15) is 11.7 Å². The van der Waals surface area contributed by atoms with E-state index < -0.39 is 22.8 Å². The number of thioether (sulfide) groups is 1. The number of nitro groups is 1. The molecular formula is C17H17N3O5S. The van der Waals surface area contributed by atoms with Gasteiger partial charge in [0.25, 0.3) is 5.69 Å². The van der Waals surface area contributed by atoms with Crippen molar-refractivity contribution >= 4 is 35.0 Å². The summed E-state index contributed by atoms with van der Waals surface area (Å²) in [4.78, 5) is 35.0. The van der Waals surface area contributed by atoms with Crippen LogP contribution in [-0.2, 0) is 9.59 Å². The topological polar surface area (TPSA) is 122 Å². The number of para-hydroxylation sites is 2. The molecule has 0 fully saturated rings. The first kappa shape index (κ1) is 19.4. The SMILES string of the molecule is CSc1ccc(C(O)CNC(=O)C(=O)Nc2ccccc2[N+](=O)[O-])cc1. The van der Waals surface area contributed by atoms with Crippen LogP contribution < -0.4 is 10.6 Å². The van der Waals surface area contributed by atoms with Crippen LogP contribution in [0.4, 0.5) is 11.4 Å². The molecule has 2 rings (SSSR count). The molecule has 136 valence electrons. The Labute approximate surface area is 153 Å². The number of benzene rings is 2. The van der Waals surface area contributed by atoms with E-state index in [4.69, 9.17) is 0 Å². The Morgan fingerprint density at radius 3 is 2.42 bits per heavy atom. The van der Waals surface area contributed by atoms with Crippen LogP contribution in [0, 0.1) is 10.1 Å². The van der Waals surface area contributed by atoms with Gasteiger partial charge in [-0.15, -0.1) is 11.8 Å². The van der Waals surface area contributed by atoms with Crippen LogP contribution in [0.25, 0.3) is 0 Å². The minimum Gasteiger partial charge on any atom is -0.387 e. The molecule has 2 amide bonds. The van der Waals surface area contributed by atoms with Crippen molar-refractivity contribution in [1.82, 2.24) is 5.32 Å². The molecule has 0 saturated carbocycles. The van der Waals surface area contributed by atoms with Crippen molar-refractivity contribution in [2.45, 2.75) is 11.0 Å². The summed E-state index contributed by atoms with van der Waals surface area (Å²) < 4.78 is 0. The Balaban J connectivity index is 1.92. The van der Waals surface area contributed by atoms with Crippen molar-refractivity contribution in [2.24, 2.45) is 0 Å². The smallest absolute Gasteiger partial charge is 0.313 e. The molecule has 1 unspecified atom stereocenters. The van der Waals surface area contributed by atoms with Crippen LogP contribution in [0.5, 0.6) is 0 Å². The van der Waals surface area contributed by atoms with Gasteiger partial charge in [0.2, 0.25) is 0 Å². The van der Waals surface area contributed by atoms with Crippen molar-refractivity contribution in [3.63, 3.8) is 0 Å². The maximum atomic E-state index is 11.9. The fraction of sp³-hybridized carbons (Fsp3) is 0.176. The number of carbonyl (C=O) groups is 2. The Morgan fingerprint density at radius 2 is 1.81 bits per heavy atom. The summed E-state index contributed by atoms with van der Waals surface area (Å²) in [6.45, 7) is -0.165. The van der Waals surface area contributed by atoms with Gasteiger partial charge in [-0.1, -0.05) is 24.3 Å². The monoisotopic (exact) mass is 375 g/mol. The normalized spacial score (nSPS) is 11.5. The minimum absolute atomic E-state index is 0.0779. The number of amides is 2. The Bertz CT molecular complexity index is 810. The number of nitro benzene ring substituents is 1. The Hall–Kier alpha value is -2.91. The van der Waals surface area contributed by atoms with Gasteiger partial charge in [0.15, 0.2) is 0 Å². The number of aliphatic hydroxyl groups is 1. The molecule has 26 heavy (non-hydrogen) atoms. The van der Waals surface area contributed by atoms with Gasteiger partial charge in [-0.05, 0) is 30.0 Å². The zero-order chi connectivity index (χ0) is 19.1. The first-order valence-corrected chi connectivity index (χ1v) is 8.79. The van der Waals surface area contributed by atoms with Gasteiger partial charge in [-0.2, -0.15) is 0 Å². The van der Waals surface area contributed by atoms with Crippen molar-refractivity contribution < 1.29 is 19.6 Å². The third kappa shape index (κ3) is 5.04. The molecule has 0 heterocycles. The molecule has 0 aliphatic heterocycles. The summed E-state index contributed by atoms with van der Waals surface area (Å²) in [5.74, 6) is -2.05. The van der Waals surface area contributed by atoms with Crippen LogP contribution in [0.2, 0.25) is 0 Å². The molecule has 8 nitrogen and oxygen atoms in total. The average Bonchev–Trinajstić information content (AvgIpc) is 2.66. The third-order valence-electron chi connectivity index (χ3n) is 3.51. The summed E-state index contributed by atoms with van der Waals surface area (Å²) in [6.07, 6.45) is 0.954. The molecule has 0 aliphatic carbocycles. The van der Waals surface area contributed by atoms with E-state index in [9.17, 15) is 24.8 Å². The van der Waals surface area contributed by atoms with E-state index in [0.29, 0.717) is 5.56 Å². The zero-order valence-corrected chi connectivity index (χ0v) is 14.7. The van der Waals surface area contributed by atoms with Crippen LogP contribution in [0.3, 0.4) is 0 Å². The van der Waals surface area contributed by atoms with Crippen molar-refractivity contribution in [1.29, 1.82) is 0 Å². The molecular weight excluding hydrogens is 358 g/mol. The van der Waals surface area contributed by atoms with Crippen LogP contribution >= 0.6 is 11.8 Å². The predicted octanol–water partition coefficient (Wildman–Crippen LogP) is 2.10. The molecule has 0 spiro atoms. The lowest BCUT2D eigenvalue weighted by atomic mass is 10.1. The summed E-state index contributed by atoms with van der Waals surface area (Å²) in [5.41, 5.74) is 0.204. The van der Waals surface area contributed by atoms with Gasteiger partial charge in [-0.3, -0.25) is 19.7 Å². The summed E-state index contributed by atoms with van der Waals surface area (Å²) >= 11 is 1.56. The van der Waals surface area contributed by atoms with E-state index in [1.54, 1.807) is 23.9 Å². The number of anilines is 1. The number of hydrogen-bond acceptors (Lipinski definition) is 6. The minimum atomic E-state index is -1.05. The largest absolute Gasteiger partial charge is 0.387 e. The quantitative estimate of drug-likeness (QED) is 0.308. The molecule has 1 atom stereocenters. The van der Waals surface area contributed by atoms with Gasteiger partial charge in [-0.25, -0.2) is 0 Å². The molecule has 2 aromatic rings. The maximum absolute atomic E-state index is 11.9. The highest BCUT2D eigenvalue weighted by Crippen LogP contribution is 2.23. The molecule has 3 N–H and O–H groups in total. The number of nitrogens with zero attached hydrogens (tertiary/aromatic N) is 1. The highest BCUT2D eigenvalue weighted by atomic mass is 32.2. The zero-order valence-electron chi connectivity index (χ0n) is 13.8. The second kappa shape index (κ2) is 8.97. The van der Waals surface area contributed by atoms with Gasteiger partial charge < -0.3 is 15.7 Å². The van der Waals surface area contributed by atoms with Crippen molar-refractivity contribution in [3.8, 4) is 0 Å². The van der Waals surface area contributed by atoms with E-state index in [2.05, 4.69) is 10.6 Å². The fourth-order valence-electron chi connectivity index (χ4n) is 2.13. The second-order valence-corrected chi connectivity index (χ2v) is 6.11. The standard InChI is InChI=1S/C17H17N3O5S/c1-26-12-8-6-11(7-9-12)15(21)10-18-16(22)17(23)19-13-4-2-3-5-14(13)20(24)25/h2-9,15,21H,10H2,1H3,(H,18,22)(H,19,23). The van der Waals surface area contributed by atoms with Gasteiger partial charge >= 0.3 is 11.8 Å². The molecule has 9 heteroatoms.